The maximum atomic E-state index is 12.7. The molecular formula is C15H13F3N2O2S. The molecule has 1 aromatic carbocycles. The van der Waals surface area contributed by atoms with Crippen LogP contribution in [0.4, 0.5) is 13.2 Å². The summed E-state index contributed by atoms with van der Waals surface area (Å²) in [6.45, 7) is -0.863. The first kappa shape index (κ1) is 15.9. The Morgan fingerprint density at radius 2 is 2.13 bits per heavy atom. The number of amides is 1. The predicted octanol–water partition coefficient (Wildman–Crippen LogP) is 2.84. The summed E-state index contributed by atoms with van der Waals surface area (Å²) in [6, 6.07) is 7.47. The molecule has 1 amide bonds. The standard InChI is InChI=1S/C15H13F3N2O2S/c16-15(17,18)14(22)7-8-20(9-14)13(21)6-5-12-19-10-3-1-2-4-11(10)23-12/h1-6,22H,7-9H2. The molecule has 1 aliphatic rings. The third-order valence-electron chi connectivity index (χ3n) is 3.77. The van der Waals surface area contributed by atoms with E-state index in [1.165, 1.54) is 23.5 Å². The highest BCUT2D eigenvalue weighted by atomic mass is 32.1. The van der Waals surface area contributed by atoms with Crippen LogP contribution in [-0.4, -0.2) is 45.8 Å². The summed E-state index contributed by atoms with van der Waals surface area (Å²) in [7, 11) is 0. The molecular weight excluding hydrogens is 329 g/mol. The number of β-amino-alcohol motifs (C(OH)–C–C–N with tert-alkyl or cyclic N) is 1. The lowest BCUT2D eigenvalue weighted by atomic mass is 10.0. The molecule has 0 spiro atoms. The molecule has 1 saturated heterocycles. The molecule has 23 heavy (non-hydrogen) atoms. The quantitative estimate of drug-likeness (QED) is 0.854. The third kappa shape index (κ3) is 3.09. The Balaban J connectivity index is 1.70. The van der Waals surface area contributed by atoms with Crippen LogP contribution in [0.1, 0.15) is 11.4 Å². The van der Waals surface area contributed by atoms with Gasteiger partial charge < -0.3 is 10.0 Å². The van der Waals surface area contributed by atoms with Crippen molar-refractivity contribution in [2.24, 2.45) is 0 Å². The van der Waals surface area contributed by atoms with Gasteiger partial charge in [0.2, 0.25) is 5.91 Å². The Bertz CT molecular complexity index is 738. The monoisotopic (exact) mass is 342 g/mol. The topological polar surface area (TPSA) is 53.4 Å². The lowest BCUT2D eigenvalue weighted by Crippen LogP contribution is -2.47. The number of alkyl halides is 3. The number of rotatable bonds is 2. The van der Waals surface area contributed by atoms with Gasteiger partial charge in [-0.25, -0.2) is 4.98 Å². The highest BCUT2D eigenvalue weighted by Crippen LogP contribution is 2.37. The number of para-hydroxylation sites is 1. The summed E-state index contributed by atoms with van der Waals surface area (Å²) in [5.41, 5.74) is -2.01. The first-order valence-corrected chi connectivity index (χ1v) is 7.72. The Morgan fingerprint density at radius 1 is 1.39 bits per heavy atom. The lowest BCUT2D eigenvalue weighted by Gasteiger charge is -2.25. The molecule has 0 saturated carbocycles. The van der Waals surface area contributed by atoms with Crippen molar-refractivity contribution >= 4 is 33.5 Å². The smallest absolute Gasteiger partial charge is 0.379 e. The van der Waals surface area contributed by atoms with Gasteiger partial charge in [-0.1, -0.05) is 12.1 Å². The normalized spacial score (nSPS) is 22.3. The summed E-state index contributed by atoms with van der Waals surface area (Å²) in [5, 5.41) is 10.2. The zero-order chi connectivity index (χ0) is 16.7. The van der Waals surface area contributed by atoms with Crippen LogP contribution in [0.2, 0.25) is 0 Å². The van der Waals surface area contributed by atoms with Crippen LogP contribution in [0.3, 0.4) is 0 Å². The highest BCUT2D eigenvalue weighted by Gasteiger charge is 2.57. The fourth-order valence-corrected chi connectivity index (χ4v) is 3.29. The van der Waals surface area contributed by atoms with Crippen LogP contribution in [-0.2, 0) is 4.79 Å². The van der Waals surface area contributed by atoms with Crippen molar-refractivity contribution in [2.45, 2.75) is 18.2 Å². The second kappa shape index (κ2) is 5.61. The fraction of sp³-hybridized carbons (Fsp3) is 0.333. The van der Waals surface area contributed by atoms with Crippen LogP contribution < -0.4 is 0 Å². The number of carbonyl (C=O) groups excluding carboxylic acids is 1. The van der Waals surface area contributed by atoms with Gasteiger partial charge in [-0.2, -0.15) is 13.2 Å². The van der Waals surface area contributed by atoms with E-state index in [1.807, 2.05) is 24.3 Å². The summed E-state index contributed by atoms with van der Waals surface area (Å²) >= 11 is 1.39. The minimum Gasteiger partial charge on any atom is -0.379 e. The Kier molecular flexibility index (Phi) is 3.89. The summed E-state index contributed by atoms with van der Waals surface area (Å²) in [6.07, 6.45) is -2.56. The van der Waals surface area contributed by atoms with Gasteiger partial charge in [0.1, 0.15) is 5.01 Å². The van der Waals surface area contributed by atoms with Crippen LogP contribution in [0.25, 0.3) is 16.3 Å². The van der Waals surface area contributed by atoms with Gasteiger partial charge in [0.05, 0.1) is 16.8 Å². The third-order valence-corrected chi connectivity index (χ3v) is 4.77. The van der Waals surface area contributed by atoms with Crippen LogP contribution in [0.5, 0.6) is 0 Å². The fourth-order valence-electron chi connectivity index (χ4n) is 2.42. The summed E-state index contributed by atoms with van der Waals surface area (Å²) < 4.78 is 39.2. The van der Waals surface area contributed by atoms with Gasteiger partial charge in [-0.15, -0.1) is 11.3 Å². The van der Waals surface area contributed by atoms with E-state index in [0.717, 1.165) is 15.1 Å². The average molecular weight is 342 g/mol. The molecule has 0 bridgehead atoms. The minimum atomic E-state index is -4.74. The minimum absolute atomic E-state index is 0.126. The van der Waals surface area contributed by atoms with Gasteiger partial charge in [0.25, 0.3) is 0 Å². The molecule has 3 rings (SSSR count). The van der Waals surface area contributed by atoms with Crippen molar-refractivity contribution in [3.8, 4) is 0 Å². The van der Waals surface area contributed by atoms with E-state index >= 15 is 0 Å². The Morgan fingerprint density at radius 3 is 2.78 bits per heavy atom. The van der Waals surface area contributed by atoms with E-state index in [9.17, 15) is 23.1 Å². The van der Waals surface area contributed by atoms with Crippen molar-refractivity contribution in [3.05, 3.63) is 35.3 Å². The number of benzene rings is 1. The largest absolute Gasteiger partial charge is 0.419 e. The molecule has 0 aliphatic carbocycles. The number of aliphatic hydroxyl groups is 1. The van der Waals surface area contributed by atoms with E-state index in [0.29, 0.717) is 5.01 Å². The Labute approximate surface area is 133 Å². The Hall–Kier alpha value is -1.93. The molecule has 1 aliphatic heterocycles. The SMILES string of the molecule is O=C(C=Cc1nc2ccccc2s1)N1CCC(O)(C(F)(F)F)C1. The molecule has 0 radical (unpaired) electrons. The van der Waals surface area contributed by atoms with Crippen LogP contribution >= 0.6 is 11.3 Å². The lowest BCUT2D eigenvalue weighted by molar-refractivity contribution is -0.253. The van der Waals surface area contributed by atoms with E-state index in [2.05, 4.69) is 4.98 Å². The number of likely N-dealkylation sites (tertiary alicyclic amines) is 1. The number of nitrogens with zero attached hydrogens (tertiary/aromatic N) is 2. The molecule has 2 heterocycles. The van der Waals surface area contributed by atoms with Crippen molar-refractivity contribution in [2.75, 3.05) is 13.1 Å². The second-order valence-electron chi connectivity index (χ2n) is 5.39. The van der Waals surface area contributed by atoms with Gasteiger partial charge in [-0.05, 0) is 18.2 Å². The average Bonchev–Trinajstić information content (AvgIpc) is 3.08. The summed E-state index contributed by atoms with van der Waals surface area (Å²) in [5.74, 6) is -0.565. The number of fused-ring (bicyclic) bond motifs is 1. The van der Waals surface area contributed by atoms with Crippen LogP contribution in [0.15, 0.2) is 30.3 Å². The number of thiazole rings is 1. The molecule has 1 atom stereocenters. The number of halogens is 3. The molecule has 8 heteroatoms. The van der Waals surface area contributed by atoms with E-state index in [-0.39, 0.29) is 6.54 Å². The number of carbonyl (C=O) groups is 1. The van der Waals surface area contributed by atoms with Crippen molar-refractivity contribution in [1.29, 1.82) is 0 Å². The highest BCUT2D eigenvalue weighted by molar-refractivity contribution is 7.19. The molecule has 1 N–H and O–H groups in total. The van der Waals surface area contributed by atoms with E-state index in [1.54, 1.807) is 0 Å². The summed E-state index contributed by atoms with van der Waals surface area (Å²) in [4.78, 5) is 17.3. The van der Waals surface area contributed by atoms with Gasteiger partial charge >= 0.3 is 6.18 Å². The maximum absolute atomic E-state index is 12.7. The van der Waals surface area contributed by atoms with Gasteiger partial charge in [-0.3, -0.25) is 4.79 Å². The van der Waals surface area contributed by atoms with Gasteiger partial charge in [0.15, 0.2) is 5.60 Å². The van der Waals surface area contributed by atoms with Crippen LogP contribution in [0, 0.1) is 0 Å². The van der Waals surface area contributed by atoms with Crippen molar-refractivity contribution < 1.29 is 23.1 Å². The first-order chi connectivity index (χ1) is 10.8. The van der Waals surface area contributed by atoms with E-state index in [4.69, 9.17) is 0 Å². The molecule has 2 aromatic rings. The zero-order valence-corrected chi connectivity index (χ0v) is 12.7. The number of aromatic nitrogens is 1. The number of hydrogen-bond donors (Lipinski definition) is 1. The molecule has 1 unspecified atom stereocenters. The maximum Gasteiger partial charge on any atom is 0.419 e. The number of hydrogen-bond acceptors (Lipinski definition) is 4. The zero-order valence-electron chi connectivity index (χ0n) is 11.9. The van der Waals surface area contributed by atoms with Crippen molar-refractivity contribution in [1.82, 2.24) is 9.88 Å². The predicted molar refractivity (Wildman–Crippen MR) is 80.9 cm³/mol. The molecule has 4 nitrogen and oxygen atoms in total. The van der Waals surface area contributed by atoms with Crippen molar-refractivity contribution in [3.63, 3.8) is 0 Å². The van der Waals surface area contributed by atoms with Gasteiger partial charge in [0, 0.05) is 19.0 Å². The second-order valence-corrected chi connectivity index (χ2v) is 6.45. The van der Waals surface area contributed by atoms with E-state index < -0.39 is 30.7 Å². The molecule has 122 valence electrons. The first-order valence-electron chi connectivity index (χ1n) is 6.90. The molecule has 1 fully saturated rings. The molecule has 1 aromatic heterocycles.